The van der Waals surface area contributed by atoms with Crippen molar-refractivity contribution >= 4 is 44.7 Å². The van der Waals surface area contributed by atoms with Gasteiger partial charge in [-0.05, 0) is 34.1 Å². The summed E-state index contributed by atoms with van der Waals surface area (Å²) in [5, 5.41) is 16.1. The van der Waals surface area contributed by atoms with E-state index in [4.69, 9.17) is 10.9 Å². The lowest BCUT2D eigenvalue weighted by molar-refractivity contribution is 0.102. The predicted octanol–water partition coefficient (Wildman–Crippen LogP) is 2.86. The molecule has 0 aliphatic rings. The first-order valence-corrected chi connectivity index (χ1v) is 6.91. The van der Waals surface area contributed by atoms with Gasteiger partial charge in [-0.15, -0.1) is 11.3 Å². The summed E-state index contributed by atoms with van der Waals surface area (Å²) in [6.07, 6.45) is 0. The van der Waals surface area contributed by atoms with E-state index in [-0.39, 0.29) is 11.7 Å². The van der Waals surface area contributed by atoms with Crippen molar-refractivity contribution in [2.24, 2.45) is 10.9 Å². The Balaban J connectivity index is 2.27. The number of amides is 1. The van der Waals surface area contributed by atoms with E-state index in [1.165, 1.54) is 11.3 Å². The van der Waals surface area contributed by atoms with Gasteiger partial charge in [-0.2, -0.15) is 0 Å². The first-order valence-electron chi connectivity index (χ1n) is 5.24. The number of anilines is 1. The van der Waals surface area contributed by atoms with Gasteiger partial charge in [0.05, 0.1) is 15.0 Å². The van der Waals surface area contributed by atoms with Gasteiger partial charge in [-0.3, -0.25) is 4.79 Å². The summed E-state index contributed by atoms with van der Waals surface area (Å²) in [6, 6.07) is 8.57. The second kappa shape index (κ2) is 5.85. The van der Waals surface area contributed by atoms with E-state index in [1.54, 1.807) is 35.7 Å². The molecule has 0 saturated carbocycles. The maximum atomic E-state index is 12.0. The van der Waals surface area contributed by atoms with Gasteiger partial charge in [0.25, 0.3) is 5.91 Å². The van der Waals surface area contributed by atoms with Gasteiger partial charge in [-0.25, -0.2) is 0 Å². The Hall–Kier alpha value is -1.86. The fraction of sp³-hybridized carbons (Fsp3) is 0. The molecule has 0 aliphatic carbocycles. The Morgan fingerprint density at radius 3 is 2.79 bits per heavy atom. The zero-order valence-corrected chi connectivity index (χ0v) is 12.0. The molecule has 0 atom stereocenters. The lowest BCUT2D eigenvalue weighted by Gasteiger charge is -2.09. The maximum Gasteiger partial charge on any atom is 0.256 e. The van der Waals surface area contributed by atoms with E-state index in [9.17, 15) is 4.79 Å². The molecule has 1 heterocycles. The first kappa shape index (κ1) is 13.6. The molecule has 2 aromatic rings. The van der Waals surface area contributed by atoms with Crippen LogP contribution in [0.2, 0.25) is 0 Å². The molecule has 0 fully saturated rings. The van der Waals surface area contributed by atoms with E-state index in [0.29, 0.717) is 16.8 Å². The fourth-order valence-corrected chi connectivity index (χ4v) is 2.63. The third-order valence-corrected chi connectivity index (χ3v) is 3.89. The third kappa shape index (κ3) is 3.12. The number of carbonyl (C=O) groups is 1. The molecule has 0 aliphatic heterocycles. The molecule has 7 heteroatoms. The van der Waals surface area contributed by atoms with Crippen LogP contribution in [0, 0.1) is 0 Å². The average molecular weight is 340 g/mol. The molecule has 1 aromatic carbocycles. The van der Waals surface area contributed by atoms with Crippen LogP contribution in [-0.2, 0) is 0 Å². The molecule has 0 spiro atoms. The number of nitrogens with one attached hydrogen (secondary N) is 1. The van der Waals surface area contributed by atoms with Crippen molar-refractivity contribution in [3.63, 3.8) is 0 Å². The number of nitrogens with two attached hydrogens (primary N) is 1. The first-order chi connectivity index (χ1) is 9.11. The molecular formula is C12H10BrN3O2S. The number of amidine groups is 1. The van der Waals surface area contributed by atoms with Gasteiger partial charge < -0.3 is 16.3 Å². The van der Waals surface area contributed by atoms with E-state index >= 15 is 0 Å². The minimum absolute atomic E-state index is 0.0533. The third-order valence-electron chi connectivity index (χ3n) is 2.39. The number of carbonyl (C=O) groups excluding carboxylic acids is 1. The lowest BCUT2D eigenvalue weighted by Crippen LogP contribution is -2.18. The van der Waals surface area contributed by atoms with Crippen LogP contribution < -0.4 is 11.1 Å². The molecule has 2 rings (SSSR count). The Morgan fingerprint density at radius 1 is 1.42 bits per heavy atom. The van der Waals surface area contributed by atoms with Gasteiger partial charge in [0.15, 0.2) is 5.84 Å². The fourth-order valence-electron chi connectivity index (χ4n) is 1.49. The Bertz CT molecular complexity index is 639. The number of benzene rings is 1. The van der Waals surface area contributed by atoms with E-state index < -0.39 is 0 Å². The zero-order chi connectivity index (χ0) is 13.8. The maximum absolute atomic E-state index is 12.0. The van der Waals surface area contributed by atoms with Crippen LogP contribution in [-0.4, -0.2) is 17.0 Å². The molecule has 0 bridgehead atoms. The highest BCUT2D eigenvalue weighted by Crippen LogP contribution is 2.22. The summed E-state index contributed by atoms with van der Waals surface area (Å²) in [5.74, 6) is -0.303. The summed E-state index contributed by atoms with van der Waals surface area (Å²) < 4.78 is 0.877. The number of thiophene rings is 1. The SMILES string of the molecule is N/C(=N/O)c1ccccc1NC(=O)c1csc(Br)c1. The Labute approximate surface area is 121 Å². The van der Waals surface area contributed by atoms with Crippen molar-refractivity contribution in [1.29, 1.82) is 0 Å². The number of nitrogens with zero attached hydrogens (tertiary/aromatic N) is 1. The summed E-state index contributed by atoms with van der Waals surface area (Å²) >= 11 is 4.73. The highest BCUT2D eigenvalue weighted by molar-refractivity contribution is 9.11. The number of rotatable bonds is 3. The van der Waals surface area contributed by atoms with Crippen molar-refractivity contribution in [3.05, 3.63) is 50.6 Å². The predicted molar refractivity (Wildman–Crippen MR) is 78.9 cm³/mol. The van der Waals surface area contributed by atoms with Crippen LogP contribution in [0.3, 0.4) is 0 Å². The minimum atomic E-state index is -0.250. The lowest BCUT2D eigenvalue weighted by atomic mass is 10.1. The second-order valence-corrected chi connectivity index (χ2v) is 5.91. The monoisotopic (exact) mass is 339 g/mol. The molecule has 0 radical (unpaired) electrons. The quantitative estimate of drug-likeness (QED) is 0.347. The van der Waals surface area contributed by atoms with Crippen LogP contribution >= 0.6 is 27.3 Å². The van der Waals surface area contributed by atoms with Crippen LogP contribution in [0.1, 0.15) is 15.9 Å². The molecule has 4 N–H and O–H groups in total. The average Bonchev–Trinajstić information content (AvgIpc) is 2.85. The minimum Gasteiger partial charge on any atom is -0.409 e. The van der Waals surface area contributed by atoms with Gasteiger partial charge in [-0.1, -0.05) is 17.3 Å². The number of hydrogen-bond donors (Lipinski definition) is 3. The molecular weight excluding hydrogens is 330 g/mol. The largest absolute Gasteiger partial charge is 0.409 e. The summed E-state index contributed by atoms with van der Waals surface area (Å²) in [4.78, 5) is 12.0. The number of oxime groups is 1. The number of para-hydroxylation sites is 1. The Morgan fingerprint density at radius 2 is 2.16 bits per heavy atom. The second-order valence-electron chi connectivity index (χ2n) is 3.62. The topological polar surface area (TPSA) is 87.7 Å². The molecule has 98 valence electrons. The van der Waals surface area contributed by atoms with E-state index in [0.717, 1.165) is 3.79 Å². The van der Waals surface area contributed by atoms with Crippen LogP contribution in [0.5, 0.6) is 0 Å². The smallest absolute Gasteiger partial charge is 0.256 e. The van der Waals surface area contributed by atoms with Crippen LogP contribution in [0.15, 0.2) is 44.7 Å². The summed E-state index contributed by atoms with van der Waals surface area (Å²) in [7, 11) is 0. The molecule has 0 saturated heterocycles. The normalized spacial score (nSPS) is 11.3. The Kier molecular flexibility index (Phi) is 4.18. The zero-order valence-electron chi connectivity index (χ0n) is 9.63. The molecule has 19 heavy (non-hydrogen) atoms. The molecule has 5 nitrogen and oxygen atoms in total. The standard InChI is InChI=1S/C12H10BrN3O2S/c13-10-5-7(6-19-10)12(17)15-9-4-2-1-3-8(9)11(14)16-18/h1-6,18H,(H2,14,16)(H,15,17). The highest BCUT2D eigenvalue weighted by atomic mass is 79.9. The summed E-state index contributed by atoms with van der Waals surface area (Å²) in [6.45, 7) is 0. The van der Waals surface area contributed by atoms with Crippen LogP contribution in [0.4, 0.5) is 5.69 Å². The van der Waals surface area contributed by atoms with Crippen LogP contribution in [0.25, 0.3) is 0 Å². The van der Waals surface area contributed by atoms with Crippen molar-refractivity contribution in [3.8, 4) is 0 Å². The van der Waals surface area contributed by atoms with E-state index in [1.807, 2.05) is 0 Å². The van der Waals surface area contributed by atoms with Gasteiger partial charge in [0.2, 0.25) is 0 Å². The van der Waals surface area contributed by atoms with Crippen molar-refractivity contribution in [1.82, 2.24) is 0 Å². The van der Waals surface area contributed by atoms with Gasteiger partial charge in [0, 0.05) is 10.9 Å². The van der Waals surface area contributed by atoms with Crippen molar-refractivity contribution in [2.75, 3.05) is 5.32 Å². The highest BCUT2D eigenvalue weighted by Gasteiger charge is 2.12. The van der Waals surface area contributed by atoms with Crippen molar-refractivity contribution in [2.45, 2.75) is 0 Å². The van der Waals surface area contributed by atoms with Gasteiger partial charge in [0.1, 0.15) is 0 Å². The molecule has 1 aromatic heterocycles. The molecule has 0 unspecified atom stereocenters. The van der Waals surface area contributed by atoms with Gasteiger partial charge >= 0.3 is 0 Å². The number of hydrogen-bond acceptors (Lipinski definition) is 4. The summed E-state index contributed by atoms with van der Waals surface area (Å²) in [5.41, 5.74) is 7.06. The molecule has 1 amide bonds. The number of halogens is 1. The van der Waals surface area contributed by atoms with E-state index in [2.05, 4.69) is 26.4 Å². The van der Waals surface area contributed by atoms with Crippen molar-refractivity contribution < 1.29 is 10.0 Å².